The van der Waals surface area contributed by atoms with Crippen LogP contribution in [0.4, 0.5) is 5.82 Å². The number of thiophene rings is 1. The molecule has 1 aromatic carbocycles. The molecule has 116 valence electrons. The maximum Gasteiger partial charge on any atom is 0.256 e. The summed E-state index contributed by atoms with van der Waals surface area (Å²) >= 11 is 1.74. The number of rotatable bonds is 2. The predicted octanol–water partition coefficient (Wildman–Crippen LogP) is 4.13. The van der Waals surface area contributed by atoms with Crippen LogP contribution < -0.4 is 5.32 Å². The molecule has 2 heterocycles. The van der Waals surface area contributed by atoms with Gasteiger partial charge in [-0.05, 0) is 50.3 Å². The van der Waals surface area contributed by atoms with Crippen molar-refractivity contribution in [3.63, 3.8) is 0 Å². The molecule has 1 amide bonds. The molecule has 4 nitrogen and oxygen atoms in total. The first kappa shape index (κ1) is 14.3. The van der Waals surface area contributed by atoms with E-state index in [9.17, 15) is 4.79 Å². The minimum atomic E-state index is -0.124. The summed E-state index contributed by atoms with van der Waals surface area (Å²) in [5.41, 5.74) is 3.11. The van der Waals surface area contributed by atoms with Crippen LogP contribution in [0.25, 0.3) is 10.2 Å². The third-order valence-electron chi connectivity index (χ3n) is 4.30. The molecule has 1 N–H and O–H groups in total. The van der Waals surface area contributed by atoms with Crippen LogP contribution in [-0.2, 0) is 12.8 Å². The fourth-order valence-corrected chi connectivity index (χ4v) is 4.30. The fourth-order valence-electron chi connectivity index (χ4n) is 3.07. The summed E-state index contributed by atoms with van der Waals surface area (Å²) in [4.78, 5) is 23.6. The Kier molecular flexibility index (Phi) is 3.58. The Morgan fingerprint density at radius 3 is 2.74 bits per heavy atom. The Bertz CT molecular complexity index is 883. The van der Waals surface area contributed by atoms with Crippen LogP contribution >= 0.6 is 11.3 Å². The number of nitrogens with zero attached hydrogens (tertiary/aromatic N) is 2. The van der Waals surface area contributed by atoms with Gasteiger partial charge >= 0.3 is 0 Å². The highest BCUT2D eigenvalue weighted by Crippen LogP contribution is 2.38. The van der Waals surface area contributed by atoms with Crippen molar-refractivity contribution in [1.82, 2.24) is 9.97 Å². The van der Waals surface area contributed by atoms with E-state index in [1.165, 1.54) is 29.6 Å². The molecular weight excluding hydrogens is 306 g/mol. The lowest BCUT2D eigenvalue weighted by Gasteiger charge is -2.12. The second-order valence-corrected chi connectivity index (χ2v) is 7.02. The molecule has 0 saturated carbocycles. The van der Waals surface area contributed by atoms with E-state index in [1.807, 2.05) is 31.2 Å². The van der Waals surface area contributed by atoms with Crippen molar-refractivity contribution in [1.29, 1.82) is 0 Å². The Hall–Kier alpha value is -2.27. The summed E-state index contributed by atoms with van der Waals surface area (Å²) in [7, 11) is 0. The average molecular weight is 323 g/mol. The Balaban J connectivity index is 1.72. The first-order valence-corrected chi connectivity index (χ1v) is 8.67. The third kappa shape index (κ3) is 2.61. The van der Waals surface area contributed by atoms with Crippen LogP contribution in [0.2, 0.25) is 0 Å². The first-order chi connectivity index (χ1) is 11.2. The number of aryl methyl sites for hydroxylation is 3. The topological polar surface area (TPSA) is 54.9 Å². The third-order valence-corrected chi connectivity index (χ3v) is 5.50. The lowest BCUT2D eigenvalue weighted by molar-refractivity contribution is 0.102. The Labute approximate surface area is 138 Å². The Morgan fingerprint density at radius 2 is 1.91 bits per heavy atom. The molecule has 0 aliphatic heterocycles. The number of benzene rings is 1. The molecule has 1 aliphatic rings. The molecule has 2 aromatic heterocycles. The summed E-state index contributed by atoms with van der Waals surface area (Å²) in [6.45, 7) is 2.01. The summed E-state index contributed by atoms with van der Waals surface area (Å²) in [5.74, 6) is 0.515. The quantitative estimate of drug-likeness (QED) is 0.771. The molecule has 3 aromatic rings. The molecule has 0 unspecified atom stereocenters. The fraction of sp³-hybridized carbons (Fsp3) is 0.278. The number of carbonyl (C=O) groups excluding carboxylic acids is 1. The standard InChI is InChI=1S/C18H17N3OS/c1-11-6-8-12(9-7-11)17(22)21-16-15-13-4-2-3-5-14(13)23-18(15)20-10-19-16/h6-10H,2-5H2,1H3,(H,19,20,21,22). The minimum Gasteiger partial charge on any atom is -0.306 e. The second kappa shape index (κ2) is 5.74. The highest BCUT2D eigenvalue weighted by atomic mass is 32.1. The van der Waals surface area contributed by atoms with Gasteiger partial charge in [-0.3, -0.25) is 4.79 Å². The number of amides is 1. The van der Waals surface area contributed by atoms with Crippen molar-refractivity contribution in [2.45, 2.75) is 32.6 Å². The van der Waals surface area contributed by atoms with Gasteiger partial charge in [0.2, 0.25) is 0 Å². The zero-order valence-corrected chi connectivity index (χ0v) is 13.7. The van der Waals surface area contributed by atoms with E-state index in [2.05, 4.69) is 15.3 Å². The number of fused-ring (bicyclic) bond motifs is 3. The van der Waals surface area contributed by atoms with Gasteiger partial charge in [-0.25, -0.2) is 9.97 Å². The van der Waals surface area contributed by atoms with Gasteiger partial charge in [-0.15, -0.1) is 11.3 Å². The van der Waals surface area contributed by atoms with Crippen LogP contribution in [0.3, 0.4) is 0 Å². The van der Waals surface area contributed by atoms with Crippen molar-refractivity contribution in [3.8, 4) is 0 Å². The van der Waals surface area contributed by atoms with E-state index in [0.717, 1.165) is 28.6 Å². The van der Waals surface area contributed by atoms with Gasteiger partial charge in [0.1, 0.15) is 17.0 Å². The van der Waals surface area contributed by atoms with Crippen molar-refractivity contribution >= 4 is 33.3 Å². The van der Waals surface area contributed by atoms with Gasteiger partial charge < -0.3 is 5.32 Å². The van der Waals surface area contributed by atoms with Crippen LogP contribution in [0.15, 0.2) is 30.6 Å². The van der Waals surface area contributed by atoms with Crippen molar-refractivity contribution < 1.29 is 4.79 Å². The van der Waals surface area contributed by atoms with Gasteiger partial charge in [-0.1, -0.05) is 17.7 Å². The number of hydrogen-bond donors (Lipinski definition) is 1. The van der Waals surface area contributed by atoms with Crippen molar-refractivity contribution in [2.24, 2.45) is 0 Å². The number of aromatic nitrogens is 2. The van der Waals surface area contributed by atoms with Gasteiger partial charge in [0.25, 0.3) is 5.91 Å². The number of carbonyl (C=O) groups is 1. The van der Waals surface area contributed by atoms with Gasteiger partial charge in [-0.2, -0.15) is 0 Å². The van der Waals surface area contributed by atoms with Gasteiger partial charge in [0, 0.05) is 10.4 Å². The molecule has 0 spiro atoms. The maximum absolute atomic E-state index is 12.5. The molecule has 0 atom stereocenters. The van der Waals surface area contributed by atoms with E-state index >= 15 is 0 Å². The number of hydrogen-bond acceptors (Lipinski definition) is 4. The first-order valence-electron chi connectivity index (χ1n) is 7.85. The minimum absolute atomic E-state index is 0.124. The molecule has 5 heteroatoms. The molecule has 0 fully saturated rings. The second-order valence-electron chi connectivity index (χ2n) is 5.93. The summed E-state index contributed by atoms with van der Waals surface area (Å²) in [5, 5.41) is 4.01. The molecule has 0 saturated heterocycles. The van der Waals surface area contributed by atoms with Crippen LogP contribution in [0.1, 0.15) is 39.2 Å². The lowest BCUT2D eigenvalue weighted by atomic mass is 9.97. The predicted molar refractivity (Wildman–Crippen MR) is 93.2 cm³/mol. The zero-order chi connectivity index (χ0) is 15.8. The summed E-state index contributed by atoms with van der Waals surface area (Å²) in [6.07, 6.45) is 6.13. The summed E-state index contributed by atoms with van der Waals surface area (Å²) in [6, 6.07) is 7.56. The van der Waals surface area contributed by atoms with E-state index in [0.29, 0.717) is 11.4 Å². The SMILES string of the molecule is Cc1ccc(C(=O)Nc2ncnc3sc4c(c23)CCCC4)cc1. The van der Waals surface area contributed by atoms with Crippen molar-refractivity contribution in [3.05, 3.63) is 52.2 Å². The molecule has 4 rings (SSSR count). The number of anilines is 1. The molecule has 0 radical (unpaired) electrons. The smallest absolute Gasteiger partial charge is 0.256 e. The monoisotopic (exact) mass is 323 g/mol. The highest BCUT2D eigenvalue weighted by Gasteiger charge is 2.20. The molecule has 1 aliphatic carbocycles. The number of nitrogens with one attached hydrogen (secondary N) is 1. The molecular formula is C18H17N3OS. The van der Waals surface area contributed by atoms with Gasteiger partial charge in [0.05, 0.1) is 5.39 Å². The van der Waals surface area contributed by atoms with Gasteiger partial charge in [0.15, 0.2) is 0 Å². The van der Waals surface area contributed by atoms with Crippen molar-refractivity contribution in [2.75, 3.05) is 5.32 Å². The van der Waals surface area contributed by atoms with Crippen LogP contribution in [-0.4, -0.2) is 15.9 Å². The molecule has 23 heavy (non-hydrogen) atoms. The van der Waals surface area contributed by atoms with E-state index in [-0.39, 0.29) is 5.91 Å². The van der Waals surface area contributed by atoms with E-state index in [1.54, 1.807) is 11.3 Å². The van der Waals surface area contributed by atoms with Crippen LogP contribution in [0, 0.1) is 6.92 Å². The normalized spacial score (nSPS) is 13.8. The lowest BCUT2D eigenvalue weighted by Crippen LogP contribution is -2.13. The maximum atomic E-state index is 12.5. The largest absolute Gasteiger partial charge is 0.306 e. The zero-order valence-electron chi connectivity index (χ0n) is 12.9. The average Bonchev–Trinajstić information content (AvgIpc) is 2.95. The summed E-state index contributed by atoms with van der Waals surface area (Å²) < 4.78 is 0. The van der Waals surface area contributed by atoms with E-state index < -0.39 is 0 Å². The Morgan fingerprint density at radius 1 is 1.13 bits per heavy atom. The molecule has 0 bridgehead atoms. The highest BCUT2D eigenvalue weighted by molar-refractivity contribution is 7.19. The van der Waals surface area contributed by atoms with E-state index in [4.69, 9.17) is 0 Å². The van der Waals surface area contributed by atoms with Crippen LogP contribution in [0.5, 0.6) is 0 Å².